The van der Waals surface area contributed by atoms with Crippen molar-refractivity contribution in [2.75, 3.05) is 0 Å². The Morgan fingerprint density at radius 2 is 1.13 bits per heavy atom. The van der Waals surface area contributed by atoms with Gasteiger partial charge in [-0.15, -0.1) is 5.47 Å². The van der Waals surface area contributed by atoms with Gasteiger partial charge in [-0.2, -0.15) is 0 Å². The Hall–Kier alpha value is -3.45. The average molecular weight is 481 g/mol. The third-order valence-corrected chi connectivity index (χ3v) is 10.2. The molecule has 1 unspecified atom stereocenters. The highest BCUT2D eigenvalue weighted by atomic mass is 16.5. The molecule has 7 rings (SSSR count). The molecule has 0 saturated carbocycles. The fourth-order valence-corrected chi connectivity index (χ4v) is 8.02. The number of benzene rings is 4. The molecule has 1 aliphatic heterocycles. The molecule has 0 bridgehead atoms. The molecule has 1 heterocycles. The first-order chi connectivity index (χ1) is 18.3. The fraction of sp³-hybridized carbons (Fsp3) is 0.0968. The zero-order valence-corrected chi connectivity index (χ0v) is 23.4. The molecule has 1 atom stereocenters. The lowest BCUT2D eigenvalue weighted by molar-refractivity contribution is 0.412. The Morgan fingerprint density at radius 3 is 1.74 bits per heavy atom. The number of hydrogen-bond donors (Lipinski definition) is 0. The highest BCUT2D eigenvalue weighted by Gasteiger charge is 2.53. The maximum absolute atomic E-state index is 6.81. The van der Waals surface area contributed by atoms with Crippen LogP contribution in [0.4, 0.5) is 0 Å². The first-order valence-corrected chi connectivity index (χ1v) is 13.7. The minimum atomic E-state index is -0.411. The van der Waals surface area contributed by atoms with Crippen molar-refractivity contribution in [2.45, 2.75) is 17.8 Å². The lowest BCUT2D eigenvalue weighted by Gasteiger charge is -2.39. The molecule has 0 spiro atoms. The molecule has 1 nitrogen and oxygen atoms in total. The number of rotatable bonds is 2. The minimum Gasteiger partial charge on any atom is -0.461 e. The lowest BCUT2D eigenvalue weighted by atomic mass is 9.55. The van der Waals surface area contributed by atoms with E-state index in [-0.39, 0.29) is 5.41 Å². The second-order valence-electron chi connectivity index (χ2n) is 11.6. The van der Waals surface area contributed by atoms with Crippen molar-refractivity contribution in [1.82, 2.24) is 0 Å². The zero-order valence-electron chi connectivity index (χ0n) is 23.4. The molecule has 7 heteroatoms. The van der Waals surface area contributed by atoms with E-state index < -0.39 is 5.41 Å². The predicted octanol–water partition coefficient (Wildman–Crippen LogP) is -1.19. The van der Waals surface area contributed by atoms with Crippen molar-refractivity contribution >= 4 is 63.5 Å². The Balaban J connectivity index is 1.69. The standard InChI is InChI=1S/C31H28B6O/c1-30-21-22(32)20(23(33)24(34)27(21)38-29(30)26(36)25(35)28(30)37)31(15-9-3-2-4-10-15)18-13-7-5-11-16(18)17-12-6-8-14-19(17)31/h2-14H,32-37H2,1H3. The van der Waals surface area contributed by atoms with Crippen molar-refractivity contribution in [3.63, 3.8) is 0 Å². The second-order valence-corrected chi connectivity index (χ2v) is 11.6. The number of hydrogen-bond acceptors (Lipinski definition) is 1. The Bertz CT molecular complexity index is 1730. The summed E-state index contributed by atoms with van der Waals surface area (Å²) in [5.74, 6) is 2.18. The van der Waals surface area contributed by atoms with Crippen LogP contribution in [-0.2, 0) is 10.8 Å². The number of ether oxygens (including phenoxy) is 1. The maximum atomic E-state index is 6.81. The first-order valence-electron chi connectivity index (χ1n) is 13.7. The highest BCUT2D eigenvalue weighted by Crippen LogP contribution is 2.57. The van der Waals surface area contributed by atoms with Gasteiger partial charge in [0.05, 0.1) is 10.8 Å². The van der Waals surface area contributed by atoms with E-state index in [0.29, 0.717) is 0 Å². The predicted molar refractivity (Wildman–Crippen MR) is 176 cm³/mol. The molecule has 38 heavy (non-hydrogen) atoms. The maximum Gasteiger partial charge on any atom is 0.143 e. The van der Waals surface area contributed by atoms with Gasteiger partial charge in [0.25, 0.3) is 0 Å². The van der Waals surface area contributed by atoms with Crippen molar-refractivity contribution in [3.05, 3.63) is 129 Å². The summed E-state index contributed by atoms with van der Waals surface area (Å²) in [7, 11) is 13.7. The molecule has 0 N–H and O–H groups in total. The molecule has 0 saturated heterocycles. The summed E-state index contributed by atoms with van der Waals surface area (Å²) in [6.07, 6.45) is 0. The van der Waals surface area contributed by atoms with Gasteiger partial charge >= 0.3 is 0 Å². The van der Waals surface area contributed by atoms with Crippen molar-refractivity contribution in [3.8, 4) is 16.9 Å². The van der Waals surface area contributed by atoms with Gasteiger partial charge in [-0.3, -0.25) is 0 Å². The van der Waals surface area contributed by atoms with Crippen LogP contribution in [-0.4, -0.2) is 47.1 Å². The van der Waals surface area contributed by atoms with Gasteiger partial charge in [0.2, 0.25) is 0 Å². The molecule has 176 valence electrons. The van der Waals surface area contributed by atoms with Crippen LogP contribution < -0.4 is 21.1 Å². The monoisotopic (exact) mass is 482 g/mol. The third kappa shape index (κ3) is 2.56. The van der Waals surface area contributed by atoms with Gasteiger partial charge < -0.3 is 4.74 Å². The number of fused-ring (bicyclic) bond motifs is 6. The van der Waals surface area contributed by atoms with Gasteiger partial charge in [-0.05, 0) is 40.3 Å². The highest BCUT2D eigenvalue weighted by molar-refractivity contribution is 6.54. The van der Waals surface area contributed by atoms with Crippen molar-refractivity contribution in [1.29, 1.82) is 0 Å². The topological polar surface area (TPSA) is 9.23 Å². The molecule has 0 radical (unpaired) electrons. The Kier molecular flexibility index (Phi) is 4.85. The van der Waals surface area contributed by atoms with Crippen molar-refractivity contribution < 1.29 is 4.74 Å². The SMILES string of the molecule is BC1=C(B)C2(C)C(=C1B)Oc1c(B)c(B)c(C3(c4ccccc4)c4ccccc4-c4ccccc43)c(B)c12. The molecule has 0 fully saturated rings. The summed E-state index contributed by atoms with van der Waals surface area (Å²) in [4.78, 5) is 0. The van der Waals surface area contributed by atoms with E-state index in [1.54, 1.807) is 0 Å². The van der Waals surface area contributed by atoms with E-state index in [9.17, 15) is 0 Å². The molecular weight excluding hydrogens is 453 g/mol. The summed E-state index contributed by atoms with van der Waals surface area (Å²) in [5, 5.41) is 0. The van der Waals surface area contributed by atoms with Gasteiger partial charge in [0.1, 0.15) is 58.6 Å². The molecule has 0 amide bonds. The molecular formula is C31H28B6O. The van der Waals surface area contributed by atoms with E-state index >= 15 is 0 Å². The van der Waals surface area contributed by atoms with Crippen LogP contribution in [0.2, 0.25) is 0 Å². The Morgan fingerprint density at radius 1 is 0.579 bits per heavy atom. The summed E-state index contributed by atoms with van der Waals surface area (Å²) < 4.78 is 6.81. The largest absolute Gasteiger partial charge is 0.461 e. The Labute approximate surface area is 231 Å². The van der Waals surface area contributed by atoms with Gasteiger partial charge in [0.15, 0.2) is 0 Å². The lowest BCUT2D eigenvalue weighted by Crippen LogP contribution is -2.48. The molecule has 3 aliphatic rings. The normalized spacial score (nSPS) is 20.1. The molecule has 2 aliphatic carbocycles. The number of allylic oxidation sites excluding steroid dienone is 3. The summed E-state index contributed by atoms with van der Waals surface area (Å²) in [5.41, 5.74) is 16.8. The van der Waals surface area contributed by atoms with Crippen LogP contribution in [0.25, 0.3) is 11.1 Å². The molecule has 4 aromatic carbocycles. The summed E-state index contributed by atoms with van der Waals surface area (Å²) in [6.45, 7) is 2.38. The van der Waals surface area contributed by atoms with Gasteiger partial charge in [-0.25, -0.2) is 0 Å². The van der Waals surface area contributed by atoms with E-state index in [0.717, 1.165) is 11.5 Å². The van der Waals surface area contributed by atoms with E-state index in [4.69, 9.17) is 4.74 Å². The second kappa shape index (κ2) is 7.79. The first kappa shape index (κ1) is 23.7. The minimum absolute atomic E-state index is 0.240. The van der Waals surface area contributed by atoms with Crippen LogP contribution >= 0.6 is 0 Å². The van der Waals surface area contributed by atoms with Crippen LogP contribution in [0.15, 0.2) is 101 Å². The third-order valence-electron chi connectivity index (χ3n) is 10.2. The quantitative estimate of drug-likeness (QED) is 0.289. The van der Waals surface area contributed by atoms with E-state index in [1.807, 2.05) is 0 Å². The summed E-state index contributed by atoms with van der Waals surface area (Å²) in [6, 6.07) is 29.2. The smallest absolute Gasteiger partial charge is 0.143 e. The van der Waals surface area contributed by atoms with Crippen molar-refractivity contribution in [2.24, 2.45) is 0 Å². The zero-order chi connectivity index (χ0) is 26.6. The van der Waals surface area contributed by atoms with Crippen LogP contribution in [0.1, 0.15) is 34.7 Å². The molecule has 0 aromatic heterocycles. The van der Waals surface area contributed by atoms with Gasteiger partial charge in [0, 0.05) is 5.56 Å². The van der Waals surface area contributed by atoms with Crippen LogP contribution in [0.3, 0.4) is 0 Å². The average Bonchev–Trinajstić information content (AvgIpc) is 3.48. The van der Waals surface area contributed by atoms with Gasteiger partial charge in [-0.1, -0.05) is 106 Å². The van der Waals surface area contributed by atoms with E-state index in [2.05, 4.69) is 133 Å². The fourth-order valence-electron chi connectivity index (χ4n) is 8.02. The van der Waals surface area contributed by atoms with Crippen LogP contribution in [0.5, 0.6) is 5.75 Å². The van der Waals surface area contributed by atoms with E-state index in [1.165, 1.54) is 71.7 Å². The summed E-state index contributed by atoms with van der Waals surface area (Å²) >= 11 is 0. The molecule has 4 aromatic rings. The van der Waals surface area contributed by atoms with Crippen LogP contribution in [0, 0.1) is 0 Å².